The highest BCUT2D eigenvalue weighted by Crippen LogP contribution is 2.40. The first-order valence-corrected chi connectivity index (χ1v) is 11.0. The van der Waals surface area contributed by atoms with Crippen LogP contribution in [0.25, 0.3) is 11.3 Å². The zero-order chi connectivity index (χ0) is 24.3. The second-order valence-corrected chi connectivity index (χ2v) is 8.65. The predicted octanol–water partition coefficient (Wildman–Crippen LogP) is 5.46. The summed E-state index contributed by atoms with van der Waals surface area (Å²) in [5, 5.41) is 9.94. The number of aryl methyl sites for hydroxylation is 1. The number of benzene rings is 1. The van der Waals surface area contributed by atoms with Gasteiger partial charge in [-0.2, -0.15) is 18.4 Å². The van der Waals surface area contributed by atoms with Crippen molar-refractivity contribution < 1.29 is 18.0 Å². The first-order chi connectivity index (χ1) is 16.2. The van der Waals surface area contributed by atoms with Gasteiger partial charge in [0.2, 0.25) is 0 Å². The number of halogens is 3. The molecule has 0 N–H and O–H groups in total. The van der Waals surface area contributed by atoms with Gasteiger partial charge in [0, 0.05) is 37.2 Å². The normalized spacial score (nSPS) is 15.6. The van der Waals surface area contributed by atoms with Gasteiger partial charge in [0.1, 0.15) is 0 Å². The Balaban J connectivity index is 1.54. The SMILES string of the molecule is Cc1ccc(CC2(C#N)CCN(C(=O)c3cccnc3-c3ccncc3)CC2)c(C(F)(F)F)c1. The van der Waals surface area contributed by atoms with Gasteiger partial charge in [-0.1, -0.05) is 17.7 Å². The first-order valence-electron chi connectivity index (χ1n) is 11.0. The van der Waals surface area contributed by atoms with Crippen molar-refractivity contribution in [2.75, 3.05) is 13.1 Å². The van der Waals surface area contributed by atoms with Gasteiger partial charge in [0.25, 0.3) is 5.91 Å². The fourth-order valence-corrected chi connectivity index (χ4v) is 4.43. The molecule has 0 unspecified atom stereocenters. The summed E-state index contributed by atoms with van der Waals surface area (Å²) >= 11 is 0. The number of hydrogen-bond acceptors (Lipinski definition) is 4. The van der Waals surface area contributed by atoms with Crippen molar-refractivity contribution in [2.24, 2.45) is 5.41 Å². The maximum absolute atomic E-state index is 13.6. The number of likely N-dealkylation sites (tertiary alicyclic amines) is 1. The molecule has 0 radical (unpaired) electrons. The highest BCUT2D eigenvalue weighted by atomic mass is 19.4. The van der Waals surface area contributed by atoms with E-state index in [1.54, 1.807) is 60.7 Å². The van der Waals surface area contributed by atoms with Gasteiger partial charge in [-0.3, -0.25) is 14.8 Å². The van der Waals surface area contributed by atoms with Crippen LogP contribution in [-0.2, 0) is 12.6 Å². The summed E-state index contributed by atoms with van der Waals surface area (Å²) in [7, 11) is 0. The molecular formula is C26H23F3N4O. The number of amides is 1. The van der Waals surface area contributed by atoms with Crippen LogP contribution in [0.5, 0.6) is 0 Å². The molecule has 1 aromatic carbocycles. The van der Waals surface area contributed by atoms with Gasteiger partial charge < -0.3 is 4.90 Å². The minimum Gasteiger partial charge on any atom is -0.338 e. The van der Waals surface area contributed by atoms with Crippen LogP contribution >= 0.6 is 0 Å². The average Bonchev–Trinajstić information content (AvgIpc) is 2.85. The molecule has 2 aromatic heterocycles. The number of pyridine rings is 2. The van der Waals surface area contributed by atoms with Gasteiger partial charge in [0.15, 0.2) is 0 Å². The maximum atomic E-state index is 13.6. The van der Waals surface area contributed by atoms with E-state index in [-0.39, 0.29) is 31.0 Å². The fraction of sp³-hybridized carbons (Fsp3) is 0.308. The summed E-state index contributed by atoms with van der Waals surface area (Å²) in [4.78, 5) is 23.3. The summed E-state index contributed by atoms with van der Waals surface area (Å²) in [5.41, 5.74) is 0.724. The lowest BCUT2D eigenvalue weighted by atomic mass is 9.74. The second-order valence-electron chi connectivity index (χ2n) is 8.65. The average molecular weight is 464 g/mol. The lowest BCUT2D eigenvalue weighted by molar-refractivity contribution is -0.138. The Kier molecular flexibility index (Phi) is 6.38. The topological polar surface area (TPSA) is 69.9 Å². The lowest BCUT2D eigenvalue weighted by Gasteiger charge is -2.38. The molecule has 1 saturated heterocycles. The summed E-state index contributed by atoms with van der Waals surface area (Å²) in [6, 6.07) is 13.4. The van der Waals surface area contributed by atoms with Crippen molar-refractivity contribution in [1.82, 2.24) is 14.9 Å². The highest BCUT2D eigenvalue weighted by Gasteiger charge is 2.40. The number of nitriles is 1. The second kappa shape index (κ2) is 9.26. The van der Waals surface area contributed by atoms with Gasteiger partial charge >= 0.3 is 6.18 Å². The third-order valence-electron chi connectivity index (χ3n) is 6.34. The van der Waals surface area contributed by atoms with Crippen molar-refractivity contribution in [2.45, 2.75) is 32.4 Å². The molecule has 3 heterocycles. The van der Waals surface area contributed by atoms with Crippen LogP contribution in [0.1, 0.15) is 39.9 Å². The largest absolute Gasteiger partial charge is 0.416 e. The van der Waals surface area contributed by atoms with E-state index >= 15 is 0 Å². The molecule has 4 rings (SSSR count). The molecule has 3 aromatic rings. The number of aromatic nitrogens is 2. The number of nitrogens with zero attached hydrogens (tertiary/aromatic N) is 4. The number of carbonyl (C=O) groups is 1. The third-order valence-corrected chi connectivity index (χ3v) is 6.34. The zero-order valence-electron chi connectivity index (χ0n) is 18.6. The van der Waals surface area contributed by atoms with Crippen LogP contribution < -0.4 is 0 Å². The number of piperidine rings is 1. The van der Waals surface area contributed by atoms with E-state index in [2.05, 4.69) is 16.0 Å². The molecule has 0 atom stereocenters. The first kappa shape index (κ1) is 23.4. The van der Waals surface area contributed by atoms with Gasteiger partial charge in [-0.15, -0.1) is 0 Å². The lowest BCUT2D eigenvalue weighted by Crippen LogP contribution is -2.44. The van der Waals surface area contributed by atoms with Crippen molar-refractivity contribution in [3.05, 3.63) is 83.3 Å². The Hall–Kier alpha value is -3.73. The molecule has 1 fully saturated rings. The number of carbonyl (C=O) groups excluding carboxylic acids is 1. The van der Waals surface area contributed by atoms with Gasteiger partial charge in [-0.25, -0.2) is 0 Å². The monoisotopic (exact) mass is 464 g/mol. The molecule has 0 spiro atoms. The van der Waals surface area contributed by atoms with Crippen molar-refractivity contribution in [3.8, 4) is 17.3 Å². The van der Waals surface area contributed by atoms with E-state index in [4.69, 9.17) is 0 Å². The Morgan fingerprint density at radius 1 is 1.12 bits per heavy atom. The van der Waals surface area contributed by atoms with Crippen LogP contribution in [0.15, 0.2) is 61.1 Å². The van der Waals surface area contributed by atoms with Crippen molar-refractivity contribution in [3.63, 3.8) is 0 Å². The fourth-order valence-electron chi connectivity index (χ4n) is 4.43. The van der Waals surface area contributed by atoms with Crippen LogP contribution in [0.4, 0.5) is 13.2 Å². The summed E-state index contributed by atoms with van der Waals surface area (Å²) in [5.74, 6) is -0.210. The molecule has 5 nitrogen and oxygen atoms in total. The van der Waals surface area contributed by atoms with E-state index in [1.165, 1.54) is 6.07 Å². The van der Waals surface area contributed by atoms with Crippen LogP contribution in [-0.4, -0.2) is 33.9 Å². The molecule has 8 heteroatoms. The van der Waals surface area contributed by atoms with Crippen LogP contribution in [0.3, 0.4) is 0 Å². The Morgan fingerprint density at radius 2 is 1.82 bits per heavy atom. The molecular weight excluding hydrogens is 441 g/mol. The molecule has 1 aliphatic heterocycles. The van der Waals surface area contributed by atoms with E-state index in [0.29, 0.717) is 29.7 Å². The highest BCUT2D eigenvalue weighted by molar-refractivity contribution is 5.99. The third kappa shape index (κ3) is 4.79. The van der Waals surface area contributed by atoms with E-state index in [0.717, 1.165) is 11.6 Å². The summed E-state index contributed by atoms with van der Waals surface area (Å²) < 4.78 is 40.8. The standard InChI is InChI=1S/C26H23F3N4O/c1-18-4-5-20(22(15-18)26(27,28)29)16-25(17-30)8-13-33(14-9-25)24(34)21-3-2-10-32-23(21)19-6-11-31-12-7-19/h2-7,10-12,15H,8-9,13-14,16H2,1H3. The smallest absolute Gasteiger partial charge is 0.338 e. The number of alkyl halides is 3. The van der Waals surface area contributed by atoms with Crippen LogP contribution in [0, 0.1) is 23.7 Å². The molecule has 1 aliphatic rings. The predicted molar refractivity (Wildman–Crippen MR) is 121 cm³/mol. The van der Waals surface area contributed by atoms with Crippen LogP contribution in [0.2, 0.25) is 0 Å². The zero-order valence-corrected chi connectivity index (χ0v) is 18.6. The van der Waals surface area contributed by atoms with Crippen molar-refractivity contribution in [1.29, 1.82) is 5.26 Å². The molecule has 0 bridgehead atoms. The Morgan fingerprint density at radius 3 is 2.47 bits per heavy atom. The van der Waals surface area contributed by atoms with E-state index in [1.807, 2.05) is 0 Å². The Bertz CT molecular complexity index is 1230. The molecule has 34 heavy (non-hydrogen) atoms. The summed E-state index contributed by atoms with van der Waals surface area (Å²) in [6.45, 7) is 2.18. The van der Waals surface area contributed by atoms with Gasteiger partial charge in [-0.05, 0) is 62.1 Å². The molecule has 174 valence electrons. The maximum Gasteiger partial charge on any atom is 0.416 e. The number of hydrogen-bond donors (Lipinski definition) is 0. The number of rotatable bonds is 4. The Labute approximate surface area is 195 Å². The van der Waals surface area contributed by atoms with Crippen molar-refractivity contribution >= 4 is 5.91 Å². The molecule has 0 saturated carbocycles. The van der Waals surface area contributed by atoms with E-state index < -0.39 is 17.2 Å². The summed E-state index contributed by atoms with van der Waals surface area (Å²) in [6.07, 6.45) is 0.968. The molecule has 1 amide bonds. The minimum atomic E-state index is -4.49. The quantitative estimate of drug-likeness (QED) is 0.514. The van der Waals surface area contributed by atoms with E-state index in [9.17, 15) is 23.2 Å². The van der Waals surface area contributed by atoms with Gasteiger partial charge in [0.05, 0.1) is 28.3 Å². The molecule has 0 aliphatic carbocycles. The minimum absolute atomic E-state index is 0.00416.